The van der Waals surface area contributed by atoms with Crippen molar-refractivity contribution in [1.82, 2.24) is 14.5 Å². The lowest BCUT2D eigenvalue weighted by molar-refractivity contribution is -0.384. The fraction of sp³-hybridized carbons (Fsp3) is 0.409. The van der Waals surface area contributed by atoms with Gasteiger partial charge < -0.3 is 9.47 Å². The Balaban J connectivity index is 1.54. The second-order valence-corrected chi connectivity index (χ2v) is 9.80. The van der Waals surface area contributed by atoms with Crippen molar-refractivity contribution in [2.45, 2.75) is 37.8 Å². The van der Waals surface area contributed by atoms with E-state index in [2.05, 4.69) is 16.4 Å². The molecule has 33 heavy (non-hydrogen) atoms. The minimum Gasteiger partial charge on any atom is -0.363 e. The lowest BCUT2D eigenvalue weighted by Gasteiger charge is -2.35. The molecule has 1 fully saturated rings. The van der Waals surface area contributed by atoms with E-state index in [0.29, 0.717) is 30.8 Å². The predicted molar refractivity (Wildman–Crippen MR) is 127 cm³/mol. The highest BCUT2D eigenvalue weighted by Crippen LogP contribution is 2.29. The van der Waals surface area contributed by atoms with Crippen LogP contribution < -0.4 is 10.0 Å². The van der Waals surface area contributed by atoms with Crippen molar-refractivity contribution in [3.05, 3.63) is 58.4 Å². The van der Waals surface area contributed by atoms with E-state index in [-0.39, 0.29) is 15.5 Å². The molecule has 2 N–H and O–H groups in total. The van der Waals surface area contributed by atoms with E-state index in [1.807, 2.05) is 11.0 Å². The number of nitrogens with two attached hydrogens (primary N) is 1. The van der Waals surface area contributed by atoms with Crippen LogP contribution in [0.2, 0.25) is 0 Å². The SMILES string of the molecule is CCCCn1c(CN2CCN(c3ccccc3[N+](=O)[O-])CC2)nc2cc(S(N)(=O)=O)ccc21. The van der Waals surface area contributed by atoms with Crippen LogP contribution in [0.25, 0.3) is 11.0 Å². The van der Waals surface area contributed by atoms with Crippen LogP contribution in [-0.2, 0) is 23.1 Å². The zero-order chi connectivity index (χ0) is 23.6. The number of primary sulfonamides is 1. The lowest BCUT2D eigenvalue weighted by Crippen LogP contribution is -2.46. The molecule has 0 unspecified atom stereocenters. The van der Waals surface area contributed by atoms with Gasteiger partial charge in [-0.05, 0) is 30.7 Å². The summed E-state index contributed by atoms with van der Waals surface area (Å²) in [6, 6.07) is 11.7. The molecule has 0 bridgehead atoms. The number of nitrogens with zero attached hydrogens (tertiary/aromatic N) is 5. The van der Waals surface area contributed by atoms with Crippen molar-refractivity contribution in [3.8, 4) is 0 Å². The third-order valence-corrected chi connectivity index (χ3v) is 6.93. The number of aromatic nitrogens is 2. The van der Waals surface area contributed by atoms with Crippen molar-refractivity contribution >= 4 is 32.4 Å². The topological polar surface area (TPSA) is 128 Å². The zero-order valence-corrected chi connectivity index (χ0v) is 19.4. The number of sulfonamides is 1. The Hall–Kier alpha value is -3.02. The number of para-hydroxylation sites is 2. The Labute approximate surface area is 192 Å². The minimum absolute atomic E-state index is 0.0553. The maximum atomic E-state index is 11.8. The monoisotopic (exact) mass is 472 g/mol. The van der Waals surface area contributed by atoms with Crippen molar-refractivity contribution in [2.24, 2.45) is 5.14 Å². The molecule has 2 heterocycles. The van der Waals surface area contributed by atoms with Crippen molar-refractivity contribution in [3.63, 3.8) is 0 Å². The smallest absolute Gasteiger partial charge is 0.292 e. The maximum Gasteiger partial charge on any atom is 0.292 e. The van der Waals surface area contributed by atoms with Gasteiger partial charge in [-0.15, -0.1) is 0 Å². The average Bonchev–Trinajstić information content (AvgIpc) is 3.13. The Morgan fingerprint density at radius 1 is 1.12 bits per heavy atom. The van der Waals surface area contributed by atoms with Gasteiger partial charge in [0.1, 0.15) is 11.5 Å². The highest BCUT2D eigenvalue weighted by atomic mass is 32.2. The summed E-state index contributed by atoms with van der Waals surface area (Å²) in [6.45, 7) is 6.38. The molecule has 11 heteroatoms. The summed E-state index contributed by atoms with van der Waals surface area (Å²) in [5.74, 6) is 0.879. The number of aryl methyl sites for hydroxylation is 1. The fourth-order valence-corrected chi connectivity index (χ4v) is 4.79. The van der Waals surface area contributed by atoms with E-state index in [0.717, 1.165) is 43.8 Å². The third kappa shape index (κ3) is 5.00. The number of imidazole rings is 1. The molecule has 0 aliphatic carbocycles. The molecular formula is C22H28N6O4S. The number of piperazine rings is 1. The van der Waals surface area contributed by atoms with Crippen LogP contribution in [-0.4, -0.2) is 54.0 Å². The Bertz CT molecular complexity index is 1270. The summed E-state index contributed by atoms with van der Waals surface area (Å²) in [6.07, 6.45) is 2.02. The number of nitro benzene ring substituents is 1. The molecule has 0 radical (unpaired) electrons. The van der Waals surface area contributed by atoms with Crippen molar-refractivity contribution in [1.29, 1.82) is 0 Å². The predicted octanol–water partition coefficient (Wildman–Crippen LogP) is 2.71. The van der Waals surface area contributed by atoms with Crippen LogP contribution in [0.1, 0.15) is 25.6 Å². The average molecular weight is 473 g/mol. The first-order chi connectivity index (χ1) is 15.8. The van der Waals surface area contributed by atoms with Gasteiger partial charge in [-0.3, -0.25) is 15.0 Å². The molecule has 2 aromatic carbocycles. The van der Waals surface area contributed by atoms with Gasteiger partial charge in [-0.1, -0.05) is 25.5 Å². The van der Waals surface area contributed by atoms with Crippen LogP contribution in [0.5, 0.6) is 0 Å². The standard InChI is InChI=1S/C22H28N6O4S/c1-2-3-10-27-19-9-8-17(33(23,31)32)15-18(19)24-22(27)16-25-11-13-26(14-12-25)20-6-4-5-7-21(20)28(29)30/h4-9,15H,2-3,10-14,16H2,1H3,(H2,23,31,32). The van der Waals surface area contributed by atoms with E-state index in [1.165, 1.54) is 18.2 Å². The largest absolute Gasteiger partial charge is 0.363 e. The number of fused-ring (bicyclic) bond motifs is 1. The molecule has 1 aliphatic heterocycles. The highest BCUT2D eigenvalue weighted by molar-refractivity contribution is 7.89. The molecule has 4 rings (SSSR count). The molecular weight excluding hydrogens is 444 g/mol. The van der Waals surface area contributed by atoms with Gasteiger partial charge in [0.2, 0.25) is 10.0 Å². The van der Waals surface area contributed by atoms with E-state index in [4.69, 9.17) is 10.1 Å². The first-order valence-corrected chi connectivity index (χ1v) is 12.5. The Morgan fingerprint density at radius 3 is 2.52 bits per heavy atom. The van der Waals surface area contributed by atoms with Crippen LogP contribution >= 0.6 is 0 Å². The van der Waals surface area contributed by atoms with E-state index in [1.54, 1.807) is 18.2 Å². The quantitative estimate of drug-likeness (QED) is 0.394. The molecule has 1 aromatic heterocycles. The zero-order valence-electron chi connectivity index (χ0n) is 18.6. The van der Waals surface area contributed by atoms with Gasteiger partial charge >= 0.3 is 0 Å². The summed E-state index contributed by atoms with van der Waals surface area (Å²) in [5, 5.41) is 16.7. The van der Waals surface area contributed by atoms with Gasteiger partial charge in [0, 0.05) is 38.8 Å². The van der Waals surface area contributed by atoms with Crippen molar-refractivity contribution < 1.29 is 13.3 Å². The van der Waals surface area contributed by atoms with E-state index < -0.39 is 10.0 Å². The molecule has 1 aliphatic rings. The molecule has 0 spiro atoms. The van der Waals surface area contributed by atoms with Crippen LogP contribution in [0.4, 0.5) is 11.4 Å². The Kier molecular flexibility index (Phi) is 6.63. The summed E-state index contributed by atoms with van der Waals surface area (Å²) >= 11 is 0. The number of anilines is 1. The third-order valence-electron chi connectivity index (χ3n) is 6.02. The first kappa shape index (κ1) is 23.1. The van der Waals surface area contributed by atoms with Crippen LogP contribution in [0.15, 0.2) is 47.4 Å². The lowest BCUT2D eigenvalue weighted by atomic mass is 10.2. The van der Waals surface area contributed by atoms with Gasteiger partial charge in [-0.2, -0.15) is 0 Å². The number of rotatable bonds is 8. The number of hydrogen-bond acceptors (Lipinski definition) is 7. The number of unbranched alkanes of at least 4 members (excludes halogenated alkanes) is 1. The fourth-order valence-electron chi connectivity index (χ4n) is 4.26. The summed E-state index contributed by atoms with van der Waals surface area (Å²) in [7, 11) is -3.80. The molecule has 1 saturated heterocycles. The molecule has 0 amide bonds. The first-order valence-electron chi connectivity index (χ1n) is 11.0. The van der Waals surface area contributed by atoms with Crippen molar-refractivity contribution in [2.75, 3.05) is 31.1 Å². The molecule has 10 nitrogen and oxygen atoms in total. The second-order valence-electron chi connectivity index (χ2n) is 8.24. The summed E-state index contributed by atoms with van der Waals surface area (Å²) < 4.78 is 25.7. The number of benzene rings is 2. The number of nitro groups is 1. The second kappa shape index (κ2) is 9.46. The molecule has 3 aromatic rings. The Morgan fingerprint density at radius 2 is 1.85 bits per heavy atom. The summed E-state index contributed by atoms with van der Waals surface area (Å²) in [4.78, 5) is 20.2. The molecule has 0 saturated carbocycles. The molecule has 0 atom stereocenters. The van der Waals surface area contributed by atoms with Gasteiger partial charge in [0.25, 0.3) is 5.69 Å². The van der Waals surface area contributed by atoms with Gasteiger partial charge in [0.15, 0.2) is 0 Å². The minimum atomic E-state index is -3.80. The maximum absolute atomic E-state index is 11.8. The van der Waals surface area contributed by atoms with Gasteiger partial charge in [-0.25, -0.2) is 18.5 Å². The van der Waals surface area contributed by atoms with E-state index >= 15 is 0 Å². The van der Waals surface area contributed by atoms with Crippen LogP contribution in [0.3, 0.4) is 0 Å². The van der Waals surface area contributed by atoms with Gasteiger partial charge in [0.05, 0.1) is 27.4 Å². The molecule has 176 valence electrons. The normalized spacial score (nSPS) is 15.3. The number of hydrogen-bond donors (Lipinski definition) is 1. The van der Waals surface area contributed by atoms with E-state index in [9.17, 15) is 18.5 Å². The summed E-state index contributed by atoms with van der Waals surface area (Å²) in [5.41, 5.74) is 2.28. The highest BCUT2D eigenvalue weighted by Gasteiger charge is 2.24. The van der Waals surface area contributed by atoms with Crippen LogP contribution in [0, 0.1) is 10.1 Å².